The summed E-state index contributed by atoms with van der Waals surface area (Å²) in [5.74, 6) is 3.69. The van der Waals surface area contributed by atoms with E-state index in [1.807, 2.05) is 54.6 Å². The summed E-state index contributed by atoms with van der Waals surface area (Å²) in [5, 5.41) is 0. The van der Waals surface area contributed by atoms with Crippen LogP contribution >= 0.6 is 0 Å². The Morgan fingerprint density at radius 1 is 0.796 bits per heavy atom. The highest BCUT2D eigenvalue weighted by molar-refractivity contribution is 5.86. The van der Waals surface area contributed by atoms with Gasteiger partial charge < -0.3 is 4.74 Å². The number of aryl methyl sites for hydroxylation is 1. The molecule has 0 spiro atoms. The fourth-order valence-corrected chi connectivity index (χ4v) is 6.22. The van der Waals surface area contributed by atoms with Crippen LogP contribution in [0.1, 0.15) is 49.2 Å². The van der Waals surface area contributed by atoms with E-state index in [1.54, 1.807) is 12.4 Å². The van der Waals surface area contributed by atoms with Crippen molar-refractivity contribution in [2.45, 2.75) is 33.6 Å². The minimum atomic E-state index is 0.143. The van der Waals surface area contributed by atoms with Crippen molar-refractivity contribution in [3.8, 4) is 40.3 Å². The van der Waals surface area contributed by atoms with Crippen LogP contribution in [0.3, 0.4) is 0 Å². The summed E-state index contributed by atoms with van der Waals surface area (Å²) in [5.41, 5.74) is 14.6. The Labute approximate surface area is 320 Å². The third-order valence-electron chi connectivity index (χ3n) is 9.39. The lowest BCUT2D eigenvalue weighted by molar-refractivity contribution is 0.370. The molecule has 1 heterocycles. The maximum atomic E-state index is 5.77. The lowest BCUT2D eigenvalue weighted by Gasteiger charge is -2.18. The molecular formula is C50H45N3O. The maximum absolute atomic E-state index is 5.77. The summed E-state index contributed by atoms with van der Waals surface area (Å²) in [4.78, 5) is 14.2. The molecule has 0 saturated carbocycles. The van der Waals surface area contributed by atoms with Gasteiger partial charge in [-0.2, -0.15) is 0 Å². The van der Waals surface area contributed by atoms with E-state index in [9.17, 15) is 0 Å². The van der Waals surface area contributed by atoms with Gasteiger partial charge in [-0.1, -0.05) is 129 Å². The number of pyridine rings is 1. The third kappa shape index (κ3) is 9.85. The van der Waals surface area contributed by atoms with E-state index < -0.39 is 0 Å². The Kier molecular flexibility index (Phi) is 12.2. The van der Waals surface area contributed by atoms with Gasteiger partial charge in [0, 0.05) is 12.1 Å². The van der Waals surface area contributed by atoms with Crippen LogP contribution in [-0.2, 0) is 0 Å². The second-order valence-corrected chi connectivity index (χ2v) is 13.6. The van der Waals surface area contributed by atoms with Crippen LogP contribution < -0.4 is 4.74 Å². The van der Waals surface area contributed by atoms with Crippen molar-refractivity contribution in [2.75, 3.05) is 6.61 Å². The predicted octanol–water partition coefficient (Wildman–Crippen LogP) is 12.7. The van der Waals surface area contributed by atoms with Gasteiger partial charge in [0.15, 0.2) is 0 Å². The average molecular weight is 704 g/mol. The van der Waals surface area contributed by atoms with Gasteiger partial charge in [-0.25, -0.2) is 4.98 Å². The zero-order valence-corrected chi connectivity index (χ0v) is 31.3. The summed E-state index contributed by atoms with van der Waals surface area (Å²) >= 11 is 0. The second kappa shape index (κ2) is 17.8. The first-order valence-corrected chi connectivity index (χ1v) is 18.3. The number of ether oxygens (including phenoxy) is 1. The fraction of sp³-hybridized carbons (Fsp3) is 0.140. The molecule has 1 aliphatic carbocycles. The van der Waals surface area contributed by atoms with Crippen LogP contribution in [0.2, 0.25) is 0 Å². The topological polar surface area (TPSA) is 46.8 Å². The average Bonchev–Trinajstić information content (AvgIpc) is 3.21. The lowest BCUT2D eigenvalue weighted by atomic mass is 9.88. The van der Waals surface area contributed by atoms with Crippen molar-refractivity contribution >= 4 is 29.4 Å². The van der Waals surface area contributed by atoms with E-state index in [0.717, 1.165) is 52.1 Å². The normalized spacial score (nSPS) is 13.1. The van der Waals surface area contributed by atoms with Crippen LogP contribution in [-0.4, -0.2) is 24.0 Å². The standard InChI is InChI=1S/C50H45N3O/c1-7-28-54-50-31-48(33-51-46-24-20-41(21-25-46)38(8-2)29-37(6)40-18-16-39(17-19-40)35(3)4)53-49(32-50)34-52-47-26-22-43(23-27-47)45-11-9-10-44(30-45)42-14-12-36(5)13-15-42/h1,8-16,18,20-27,29-35H,2,6,17,19,28H2,3-5H3/b38-29+,51-33?,52-34?. The van der Waals surface area contributed by atoms with Crippen molar-refractivity contribution in [1.29, 1.82) is 0 Å². The Morgan fingerprint density at radius 3 is 1.93 bits per heavy atom. The molecule has 5 aromatic rings. The Bertz CT molecular complexity index is 2330. The number of nitrogens with zero attached hydrogens (tertiary/aromatic N) is 3. The molecular weight excluding hydrogens is 659 g/mol. The molecule has 0 radical (unpaired) electrons. The van der Waals surface area contributed by atoms with Crippen LogP contribution in [0.15, 0.2) is 173 Å². The van der Waals surface area contributed by atoms with Crippen LogP contribution in [0.5, 0.6) is 5.75 Å². The minimum Gasteiger partial charge on any atom is -0.481 e. The molecule has 266 valence electrons. The van der Waals surface area contributed by atoms with Gasteiger partial charge in [0.1, 0.15) is 12.4 Å². The first-order valence-electron chi connectivity index (χ1n) is 18.3. The SMILES string of the molecule is C#CCOc1cc(C=Nc2ccc(/C(C=C)=C/C(=C)C3=CC=C(C(C)C)CC3)cc2)nc(C=Nc2ccc(-c3cccc(-c4ccc(C)cc4)c3)cc2)c1. The van der Waals surface area contributed by atoms with Crippen molar-refractivity contribution in [3.63, 3.8) is 0 Å². The molecule has 0 bridgehead atoms. The monoisotopic (exact) mass is 703 g/mol. The lowest BCUT2D eigenvalue weighted by Crippen LogP contribution is -2.00. The number of aliphatic imine (C=N–C) groups is 2. The molecule has 4 aromatic carbocycles. The van der Waals surface area contributed by atoms with Gasteiger partial charge in [0.25, 0.3) is 0 Å². The molecule has 0 unspecified atom stereocenters. The quantitative estimate of drug-likeness (QED) is 0.0696. The van der Waals surface area contributed by atoms with Gasteiger partial charge in [-0.15, -0.1) is 6.42 Å². The highest BCUT2D eigenvalue weighted by atomic mass is 16.5. The maximum Gasteiger partial charge on any atom is 0.148 e. The third-order valence-corrected chi connectivity index (χ3v) is 9.39. The van der Waals surface area contributed by atoms with Gasteiger partial charge in [-0.3, -0.25) is 9.98 Å². The van der Waals surface area contributed by atoms with E-state index in [-0.39, 0.29) is 6.61 Å². The smallest absolute Gasteiger partial charge is 0.148 e. The van der Waals surface area contributed by atoms with E-state index >= 15 is 0 Å². The van der Waals surface area contributed by atoms with Crippen LogP contribution in [0.25, 0.3) is 27.8 Å². The van der Waals surface area contributed by atoms with E-state index in [4.69, 9.17) is 26.1 Å². The van der Waals surface area contributed by atoms with Crippen molar-refractivity contribution in [3.05, 3.63) is 186 Å². The molecule has 0 saturated heterocycles. The van der Waals surface area contributed by atoms with Crippen LogP contribution in [0, 0.1) is 25.2 Å². The van der Waals surface area contributed by atoms with Gasteiger partial charge in [0.05, 0.1) is 35.2 Å². The molecule has 0 fully saturated rings. The molecule has 0 aliphatic heterocycles. The number of benzene rings is 4. The van der Waals surface area contributed by atoms with Gasteiger partial charge in [0.2, 0.25) is 0 Å². The largest absolute Gasteiger partial charge is 0.481 e. The molecule has 1 aliphatic rings. The van der Waals surface area contributed by atoms with Gasteiger partial charge in [-0.05, 0) is 107 Å². The molecule has 54 heavy (non-hydrogen) atoms. The molecule has 4 heteroatoms. The van der Waals surface area contributed by atoms with Crippen LogP contribution in [0.4, 0.5) is 11.4 Å². The number of allylic oxidation sites excluding steroid dienone is 8. The first-order chi connectivity index (χ1) is 26.3. The Hall–Kier alpha value is -6.57. The molecule has 0 amide bonds. The number of aromatic nitrogens is 1. The molecule has 1 aromatic heterocycles. The number of hydrogen-bond donors (Lipinski definition) is 0. The molecule has 0 N–H and O–H groups in total. The Morgan fingerprint density at radius 2 is 1.39 bits per heavy atom. The highest BCUT2D eigenvalue weighted by Gasteiger charge is 2.11. The predicted molar refractivity (Wildman–Crippen MR) is 229 cm³/mol. The summed E-state index contributed by atoms with van der Waals surface area (Å²) in [6.45, 7) is 15.1. The van der Waals surface area contributed by atoms with Crippen molar-refractivity contribution in [2.24, 2.45) is 15.9 Å². The van der Waals surface area contributed by atoms with Gasteiger partial charge >= 0.3 is 0 Å². The summed E-state index contributed by atoms with van der Waals surface area (Å²) in [6, 6.07) is 37.0. The van der Waals surface area contributed by atoms with E-state index in [1.165, 1.54) is 27.8 Å². The first kappa shape index (κ1) is 37.2. The number of hydrogen-bond acceptors (Lipinski definition) is 4. The Balaban J connectivity index is 1.15. The van der Waals surface area contributed by atoms with Crippen molar-refractivity contribution in [1.82, 2.24) is 4.98 Å². The fourth-order valence-electron chi connectivity index (χ4n) is 6.22. The zero-order chi connectivity index (χ0) is 37.9. The van der Waals surface area contributed by atoms with E-state index in [2.05, 4.69) is 119 Å². The molecule has 4 nitrogen and oxygen atoms in total. The second-order valence-electron chi connectivity index (χ2n) is 13.6. The summed E-state index contributed by atoms with van der Waals surface area (Å²) in [6.07, 6.45) is 19.4. The number of rotatable bonds is 13. The molecule has 0 atom stereocenters. The number of terminal acetylenes is 1. The van der Waals surface area contributed by atoms with Crippen molar-refractivity contribution < 1.29 is 4.74 Å². The van der Waals surface area contributed by atoms with E-state index in [0.29, 0.717) is 23.1 Å². The zero-order valence-electron chi connectivity index (χ0n) is 31.3. The minimum absolute atomic E-state index is 0.143. The highest BCUT2D eigenvalue weighted by Crippen LogP contribution is 2.31. The molecule has 6 rings (SSSR count). The summed E-state index contributed by atoms with van der Waals surface area (Å²) in [7, 11) is 0. The summed E-state index contributed by atoms with van der Waals surface area (Å²) < 4.78 is 5.77.